The summed E-state index contributed by atoms with van der Waals surface area (Å²) in [6.45, 7) is 5.99. The van der Waals surface area contributed by atoms with E-state index in [1.54, 1.807) is 29.7 Å². The summed E-state index contributed by atoms with van der Waals surface area (Å²) in [6.07, 6.45) is 1.63. The highest BCUT2D eigenvalue weighted by Crippen LogP contribution is 2.18. The van der Waals surface area contributed by atoms with Gasteiger partial charge in [0.15, 0.2) is 0 Å². The van der Waals surface area contributed by atoms with E-state index in [9.17, 15) is 4.79 Å². The summed E-state index contributed by atoms with van der Waals surface area (Å²) in [4.78, 5) is 25.4. The van der Waals surface area contributed by atoms with E-state index in [2.05, 4.69) is 20.2 Å². The van der Waals surface area contributed by atoms with Crippen molar-refractivity contribution < 1.29 is 9.53 Å². The van der Waals surface area contributed by atoms with Gasteiger partial charge < -0.3 is 9.64 Å². The van der Waals surface area contributed by atoms with Crippen LogP contribution in [-0.4, -0.2) is 59.0 Å². The zero-order valence-corrected chi connectivity index (χ0v) is 14.2. The van der Waals surface area contributed by atoms with E-state index in [4.69, 9.17) is 4.74 Å². The summed E-state index contributed by atoms with van der Waals surface area (Å²) < 4.78 is 5.18. The first-order chi connectivity index (χ1) is 11.2. The van der Waals surface area contributed by atoms with Gasteiger partial charge in [-0.15, -0.1) is 11.3 Å². The summed E-state index contributed by atoms with van der Waals surface area (Å²) in [7, 11) is 1.53. The number of thiazole rings is 1. The highest BCUT2D eigenvalue weighted by atomic mass is 32.1. The van der Waals surface area contributed by atoms with Gasteiger partial charge in [0.05, 0.1) is 17.8 Å². The third kappa shape index (κ3) is 3.68. The maximum atomic E-state index is 12.6. The minimum absolute atomic E-state index is 0.0147. The number of hydrogen-bond acceptors (Lipinski definition) is 6. The van der Waals surface area contributed by atoms with Gasteiger partial charge in [-0.2, -0.15) is 0 Å². The van der Waals surface area contributed by atoms with E-state index >= 15 is 0 Å². The fourth-order valence-electron chi connectivity index (χ4n) is 2.71. The van der Waals surface area contributed by atoms with E-state index in [1.807, 2.05) is 11.8 Å². The molecule has 0 aromatic carbocycles. The minimum Gasteiger partial charge on any atom is -0.480 e. The highest BCUT2D eigenvalue weighted by molar-refractivity contribution is 7.09. The maximum absolute atomic E-state index is 12.6. The zero-order valence-electron chi connectivity index (χ0n) is 13.4. The molecule has 6 nitrogen and oxygen atoms in total. The van der Waals surface area contributed by atoms with Crippen LogP contribution in [0.1, 0.15) is 21.1 Å². The van der Waals surface area contributed by atoms with Crippen molar-refractivity contribution in [1.82, 2.24) is 19.8 Å². The zero-order chi connectivity index (χ0) is 16.2. The van der Waals surface area contributed by atoms with Crippen molar-refractivity contribution in [3.05, 3.63) is 40.0 Å². The fraction of sp³-hybridized carbons (Fsp3) is 0.438. The van der Waals surface area contributed by atoms with Crippen LogP contribution in [0.3, 0.4) is 0 Å². The largest absolute Gasteiger partial charge is 0.480 e. The molecule has 7 heteroatoms. The summed E-state index contributed by atoms with van der Waals surface area (Å²) in [5.41, 5.74) is 1.64. The number of hydrogen-bond donors (Lipinski definition) is 0. The second-order valence-electron chi connectivity index (χ2n) is 5.49. The lowest BCUT2D eigenvalue weighted by atomic mass is 10.2. The Labute approximate surface area is 139 Å². The third-order valence-electron chi connectivity index (χ3n) is 3.91. The molecule has 3 heterocycles. The number of methoxy groups -OCH3 is 1. The van der Waals surface area contributed by atoms with E-state index in [0.717, 1.165) is 30.3 Å². The van der Waals surface area contributed by atoms with Crippen molar-refractivity contribution in [2.24, 2.45) is 0 Å². The third-order valence-corrected chi connectivity index (χ3v) is 4.73. The molecule has 1 aliphatic heterocycles. The number of carbonyl (C=O) groups excluding carboxylic acids is 1. The number of amides is 1. The Kier molecular flexibility index (Phi) is 4.88. The molecule has 0 unspecified atom stereocenters. The van der Waals surface area contributed by atoms with Gasteiger partial charge in [0.2, 0.25) is 5.88 Å². The molecule has 0 saturated carbocycles. The number of ether oxygens (including phenoxy) is 1. The average molecular weight is 332 g/mol. The Morgan fingerprint density at radius 3 is 2.78 bits per heavy atom. The van der Waals surface area contributed by atoms with Crippen molar-refractivity contribution in [3.63, 3.8) is 0 Å². The Morgan fingerprint density at radius 2 is 2.13 bits per heavy atom. The lowest BCUT2D eigenvalue weighted by molar-refractivity contribution is 0.0623. The lowest BCUT2D eigenvalue weighted by Crippen LogP contribution is -2.48. The molecule has 1 amide bonds. The van der Waals surface area contributed by atoms with Crippen LogP contribution in [-0.2, 0) is 6.54 Å². The second-order valence-corrected chi connectivity index (χ2v) is 6.55. The summed E-state index contributed by atoms with van der Waals surface area (Å²) >= 11 is 1.68. The molecule has 0 aliphatic carbocycles. The van der Waals surface area contributed by atoms with Gasteiger partial charge in [-0.1, -0.05) is 0 Å². The van der Waals surface area contributed by atoms with Gasteiger partial charge in [0.25, 0.3) is 5.91 Å². The second kappa shape index (κ2) is 7.06. The molecule has 1 saturated heterocycles. The van der Waals surface area contributed by atoms with E-state index in [1.165, 1.54) is 7.11 Å². The SMILES string of the molecule is COc1ncccc1C(=O)N1CCN(Cc2csc(C)n2)CC1. The van der Waals surface area contributed by atoms with Crippen LogP contribution in [0.15, 0.2) is 23.7 Å². The molecule has 0 radical (unpaired) electrons. The van der Waals surface area contributed by atoms with Crippen molar-refractivity contribution in [2.45, 2.75) is 13.5 Å². The molecular formula is C16H20N4O2S. The smallest absolute Gasteiger partial charge is 0.259 e. The molecule has 0 spiro atoms. The number of rotatable bonds is 4. The Balaban J connectivity index is 1.59. The average Bonchev–Trinajstić information content (AvgIpc) is 3.00. The molecule has 23 heavy (non-hydrogen) atoms. The fourth-order valence-corrected chi connectivity index (χ4v) is 3.31. The van der Waals surface area contributed by atoms with Crippen molar-refractivity contribution in [3.8, 4) is 5.88 Å². The predicted octanol–water partition coefficient (Wildman–Crippen LogP) is 1.81. The molecule has 1 fully saturated rings. The first-order valence-electron chi connectivity index (χ1n) is 7.59. The van der Waals surface area contributed by atoms with Crippen molar-refractivity contribution in [1.29, 1.82) is 0 Å². The van der Waals surface area contributed by atoms with Crippen LogP contribution >= 0.6 is 11.3 Å². The number of nitrogens with zero attached hydrogens (tertiary/aromatic N) is 4. The van der Waals surface area contributed by atoms with Crippen LogP contribution in [0.2, 0.25) is 0 Å². The molecule has 122 valence electrons. The van der Waals surface area contributed by atoms with Gasteiger partial charge in [-0.3, -0.25) is 9.69 Å². The van der Waals surface area contributed by atoms with Gasteiger partial charge >= 0.3 is 0 Å². The summed E-state index contributed by atoms with van der Waals surface area (Å²) in [5, 5.41) is 3.20. The first kappa shape index (κ1) is 15.9. The Morgan fingerprint density at radius 1 is 1.35 bits per heavy atom. The van der Waals surface area contributed by atoms with Gasteiger partial charge in [0, 0.05) is 44.3 Å². The van der Waals surface area contributed by atoms with Crippen molar-refractivity contribution in [2.75, 3.05) is 33.3 Å². The number of carbonyl (C=O) groups is 1. The van der Waals surface area contributed by atoms with E-state index < -0.39 is 0 Å². The lowest BCUT2D eigenvalue weighted by Gasteiger charge is -2.34. The molecule has 1 aliphatic rings. The predicted molar refractivity (Wildman–Crippen MR) is 88.8 cm³/mol. The molecule has 0 N–H and O–H groups in total. The number of piperazine rings is 1. The molecule has 3 rings (SSSR count). The number of aryl methyl sites for hydroxylation is 1. The topological polar surface area (TPSA) is 58.6 Å². The molecule has 2 aromatic heterocycles. The molecule has 0 atom stereocenters. The standard InChI is InChI=1S/C16H20N4O2S/c1-12-18-13(11-23-12)10-19-6-8-20(9-7-19)16(21)14-4-3-5-17-15(14)22-2/h3-5,11H,6-10H2,1-2H3. The normalized spacial score (nSPS) is 15.7. The van der Waals surface area contributed by atoms with Gasteiger partial charge in [-0.05, 0) is 19.1 Å². The monoisotopic (exact) mass is 332 g/mol. The Bertz CT molecular complexity index is 680. The summed E-state index contributed by atoms with van der Waals surface area (Å²) in [5.74, 6) is 0.372. The summed E-state index contributed by atoms with van der Waals surface area (Å²) in [6, 6.07) is 3.52. The Hall–Kier alpha value is -1.99. The molecule has 0 bridgehead atoms. The van der Waals surface area contributed by atoms with E-state index in [-0.39, 0.29) is 5.91 Å². The first-order valence-corrected chi connectivity index (χ1v) is 8.47. The van der Waals surface area contributed by atoms with Crippen LogP contribution < -0.4 is 4.74 Å². The van der Waals surface area contributed by atoms with E-state index in [0.29, 0.717) is 24.5 Å². The van der Waals surface area contributed by atoms with Crippen molar-refractivity contribution >= 4 is 17.2 Å². The van der Waals surface area contributed by atoms with Crippen LogP contribution in [0, 0.1) is 6.92 Å². The molecule has 2 aromatic rings. The van der Waals surface area contributed by atoms with Crippen LogP contribution in [0.4, 0.5) is 0 Å². The number of aromatic nitrogens is 2. The maximum Gasteiger partial charge on any atom is 0.259 e. The quantitative estimate of drug-likeness (QED) is 0.855. The molecular weight excluding hydrogens is 312 g/mol. The highest BCUT2D eigenvalue weighted by Gasteiger charge is 2.24. The van der Waals surface area contributed by atoms with Gasteiger partial charge in [0.1, 0.15) is 5.56 Å². The van der Waals surface area contributed by atoms with Gasteiger partial charge in [-0.25, -0.2) is 9.97 Å². The van der Waals surface area contributed by atoms with Crippen LogP contribution in [0.5, 0.6) is 5.88 Å². The van der Waals surface area contributed by atoms with Crippen LogP contribution in [0.25, 0.3) is 0 Å². The number of pyridine rings is 1. The minimum atomic E-state index is -0.0147.